The van der Waals surface area contributed by atoms with Crippen molar-refractivity contribution in [3.8, 4) is 0 Å². The van der Waals surface area contributed by atoms with Crippen LogP contribution in [0.15, 0.2) is 0 Å². The van der Waals surface area contributed by atoms with Crippen molar-refractivity contribution >= 4 is 11.9 Å². The molecule has 0 aromatic rings. The number of unbranched alkanes of at least 4 members (excludes halogenated alkanes) is 52. The monoisotopic (exact) mass is 1420 g/mol. The molecule has 0 bridgehead atoms. The molecule has 6 atom stereocenters. The van der Waals surface area contributed by atoms with Gasteiger partial charge in [-0.05, 0) is 39.5 Å². The first-order valence-electron chi connectivity index (χ1n) is 44.9. The number of aliphatic hydroxyl groups is 4. The number of aliphatic hydroxyl groups excluding tert-OH is 4. The lowest BCUT2D eigenvalue weighted by atomic mass is 10.0. The highest BCUT2D eigenvalue weighted by atomic mass is 16.5. The first-order valence-corrected chi connectivity index (χ1v) is 44.9. The molecule has 12 heteroatoms. The van der Waals surface area contributed by atoms with E-state index in [4.69, 9.17) is 9.47 Å². The molecule has 0 aromatic heterocycles. The van der Waals surface area contributed by atoms with E-state index in [0.717, 1.165) is 90.1 Å². The molecular formula is C88H176N4O8. The van der Waals surface area contributed by atoms with Gasteiger partial charge in [-0.2, -0.15) is 0 Å². The molecule has 1 heterocycles. The van der Waals surface area contributed by atoms with Crippen LogP contribution in [0.25, 0.3) is 0 Å². The summed E-state index contributed by atoms with van der Waals surface area (Å²) < 4.78 is 11.8. The molecule has 0 spiro atoms. The fourth-order valence-electron chi connectivity index (χ4n) is 15.5. The highest BCUT2D eigenvalue weighted by molar-refractivity contribution is 5.69. The average molecular weight is 1420 g/mol. The largest absolute Gasteiger partial charge is 0.464 e. The number of hydrogen-bond donors (Lipinski definition) is 4. The van der Waals surface area contributed by atoms with Crippen molar-refractivity contribution in [1.82, 2.24) is 19.6 Å². The second-order valence-electron chi connectivity index (χ2n) is 32.3. The summed E-state index contributed by atoms with van der Waals surface area (Å²) in [6.07, 6.45) is 74.9. The van der Waals surface area contributed by atoms with Crippen molar-refractivity contribution in [2.24, 2.45) is 0 Å². The zero-order valence-electron chi connectivity index (χ0n) is 68.0. The smallest absolute Gasteiger partial charge is 0.307 e. The van der Waals surface area contributed by atoms with E-state index in [2.05, 4.69) is 61.1 Å². The van der Waals surface area contributed by atoms with Gasteiger partial charge < -0.3 is 29.9 Å². The van der Waals surface area contributed by atoms with Gasteiger partial charge in [0.1, 0.15) is 13.2 Å². The van der Waals surface area contributed by atoms with Crippen LogP contribution in [0.4, 0.5) is 0 Å². The SMILES string of the molecule is CCCCCCCCCCCCCCCCC(O)CN(CCC(=O)OCCN1CC(C)N(CCOC(=O)CCN(CC(O)CCCCCCCCCCCCCCCC)CC(O)CCCCCCCCCCCCCCCC)CC1C)CC(O)CCCCCCCCCCCCCCCC. The molecule has 1 rings (SSSR count). The fourth-order valence-corrected chi connectivity index (χ4v) is 15.5. The summed E-state index contributed by atoms with van der Waals surface area (Å²) in [5.41, 5.74) is 0. The lowest BCUT2D eigenvalue weighted by molar-refractivity contribution is -0.146. The molecule has 0 aromatic carbocycles. The third-order valence-corrected chi connectivity index (χ3v) is 22.2. The topological polar surface area (TPSA) is 146 Å². The molecule has 4 N–H and O–H groups in total. The summed E-state index contributed by atoms with van der Waals surface area (Å²) in [7, 11) is 0. The van der Waals surface area contributed by atoms with Crippen molar-refractivity contribution in [2.45, 2.75) is 476 Å². The predicted molar refractivity (Wildman–Crippen MR) is 430 cm³/mol. The van der Waals surface area contributed by atoms with Crippen LogP contribution in [0.3, 0.4) is 0 Å². The molecular weight excluding hydrogens is 1240 g/mol. The van der Waals surface area contributed by atoms with Crippen LogP contribution in [-0.4, -0.2) is 167 Å². The van der Waals surface area contributed by atoms with E-state index in [0.29, 0.717) is 65.6 Å². The maximum Gasteiger partial charge on any atom is 0.307 e. The summed E-state index contributed by atoms with van der Waals surface area (Å²) in [4.78, 5) is 35.7. The average Bonchev–Trinajstić information content (AvgIpc) is 0.850. The van der Waals surface area contributed by atoms with Gasteiger partial charge in [0.15, 0.2) is 0 Å². The molecule has 0 amide bonds. The van der Waals surface area contributed by atoms with Gasteiger partial charge in [0, 0.05) is 77.5 Å². The van der Waals surface area contributed by atoms with Crippen LogP contribution in [0.2, 0.25) is 0 Å². The van der Waals surface area contributed by atoms with Crippen LogP contribution in [0, 0.1) is 0 Å². The number of carbonyl (C=O) groups is 2. The van der Waals surface area contributed by atoms with Gasteiger partial charge in [-0.3, -0.25) is 29.2 Å². The van der Waals surface area contributed by atoms with Gasteiger partial charge in [-0.25, -0.2) is 0 Å². The van der Waals surface area contributed by atoms with E-state index in [-0.39, 0.29) is 36.9 Å². The normalized spacial score (nSPS) is 15.9. The standard InChI is InChI=1S/C88H176N4O8/c1-7-11-15-19-23-27-31-35-39-43-47-51-55-59-63-83(93)77-89(78-84(94)64-60-56-52-48-44-40-36-32-28-24-20-16-12-8-2)69-67-87(97)99-73-71-91-75-82(6)92(76-81(91)5)72-74-100-88(98)68-70-90(79-85(95)65-61-57-53-49-45-41-37-33-29-25-21-17-13-9-3)80-86(96)66-62-58-54-50-46-42-38-34-30-26-22-18-14-10-4/h81-86,93-96H,7-80H2,1-6H3. The molecule has 1 aliphatic rings. The maximum atomic E-state index is 13.3. The summed E-state index contributed by atoms with van der Waals surface area (Å²) >= 11 is 0. The number of ether oxygens (including phenoxy) is 2. The van der Waals surface area contributed by atoms with E-state index in [9.17, 15) is 30.0 Å². The zero-order valence-corrected chi connectivity index (χ0v) is 68.0. The van der Waals surface area contributed by atoms with Gasteiger partial charge in [-0.1, -0.05) is 387 Å². The Hall–Kier alpha value is -1.38. The molecule has 0 radical (unpaired) electrons. The molecule has 6 unspecified atom stereocenters. The molecule has 12 nitrogen and oxygen atoms in total. The fraction of sp³-hybridized carbons (Fsp3) is 0.977. The van der Waals surface area contributed by atoms with Crippen molar-refractivity contribution in [2.75, 3.05) is 78.7 Å². The van der Waals surface area contributed by atoms with Gasteiger partial charge in [0.25, 0.3) is 0 Å². The minimum Gasteiger partial charge on any atom is -0.464 e. The Labute approximate surface area is 622 Å². The number of piperazine rings is 1. The van der Waals surface area contributed by atoms with Crippen LogP contribution in [0.1, 0.15) is 440 Å². The minimum atomic E-state index is -0.482. The van der Waals surface area contributed by atoms with Crippen LogP contribution in [-0.2, 0) is 19.1 Å². The summed E-state index contributed by atoms with van der Waals surface area (Å²) in [5.74, 6) is -0.463. The van der Waals surface area contributed by atoms with E-state index >= 15 is 0 Å². The second-order valence-corrected chi connectivity index (χ2v) is 32.3. The van der Waals surface area contributed by atoms with E-state index in [1.165, 1.54) is 308 Å². The zero-order chi connectivity index (χ0) is 72.7. The van der Waals surface area contributed by atoms with E-state index in [1.54, 1.807) is 0 Å². The number of esters is 2. The number of carbonyl (C=O) groups excluding carboxylic acids is 2. The maximum absolute atomic E-state index is 13.3. The Morgan fingerprint density at radius 1 is 0.300 bits per heavy atom. The van der Waals surface area contributed by atoms with Crippen molar-refractivity contribution in [3.63, 3.8) is 0 Å². The predicted octanol–water partition coefficient (Wildman–Crippen LogP) is 22.8. The lowest BCUT2D eigenvalue weighted by Gasteiger charge is -2.44. The molecule has 596 valence electrons. The molecule has 1 fully saturated rings. The van der Waals surface area contributed by atoms with Crippen LogP contribution in [0.5, 0.6) is 0 Å². The first-order chi connectivity index (χ1) is 48.9. The Kier molecular flexibility index (Phi) is 72.0. The minimum absolute atomic E-state index is 0.231. The summed E-state index contributed by atoms with van der Waals surface area (Å²) in [6, 6.07) is 0.480. The highest BCUT2D eigenvalue weighted by Crippen LogP contribution is 2.22. The summed E-state index contributed by atoms with van der Waals surface area (Å²) in [6.45, 7) is 20.0. The third kappa shape index (κ3) is 65.0. The number of nitrogens with zero attached hydrogens (tertiary/aromatic N) is 4. The van der Waals surface area contributed by atoms with Gasteiger partial charge >= 0.3 is 11.9 Å². The van der Waals surface area contributed by atoms with Gasteiger partial charge in [-0.15, -0.1) is 0 Å². The Morgan fingerprint density at radius 2 is 0.470 bits per heavy atom. The molecule has 0 saturated carbocycles. The van der Waals surface area contributed by atoms with Crippen LogP contribution >= 0.6 is 0 Å². The highest BCUT2D eigenvalue weighted by Gasteiger charge is 2.29. The Morgan fingerprint density at radius 3 is 0.650 bits per heavy atom. The quantitative estimate of drug-likeness (QED) is 0.0340. The van der Waals surface area contributed by atoms with Crippen molar-refractivity contribution in [1.29, 1.82) is 0 Å². The van der Waals surface area contributed by atoms with Gasteiger partial charge in [0.05, 0.1) is 37.3 Å². The Bertz CT molecular complexity index is 1480. The number of hydrogen-bond acceptors (Lipinski definition) is 12. The molecule has 1 saturated heterocycles. The van der Waals surface area contributed by atoms with Crippen molar-refractivity contribution < 1.29 is 39.5 Å². The number of rotatable bonds is 80. The lowest BCUT2D eigenvalue weighted by Crippen LogP contribution is -2.57. The Balaban J connectivity index is 2.61. The van der Waals surface area contributed by atoms with Crippen LogP contribution < -0.4 is 0 Å². The molecule has 1 aliphatic heterocycles. The summed E-state index contributed by atoms with van der Waals surface area (Å²) in [5, 5.41) is 45.0. The van der Waals surface area contributed by atoms with E-state index < -0.39 is 24.4 Å². The van der Waals surface area contributed by atoms with E-state index in [1.807, 2.05) is 0 Å². The van der Waals surface area contributed by atoms with Gasteiger partial charge in [0.2, 0.25) is 0 Å². The molecule has 100 heavy (non-hydrogen) atoms. The second kappa shape index (κ2) is 74.5. The van der Waals surface area contributed by atoms with Crippen molar-refractivity contribution in [3.05, 3.63) is 0 Å². The third-order valence-electron chi connectivity index (χ3n) is 22.2. The molecule has 0 aliphatic carbocycles. The first kappa shape index (κ1) is 96.6.